The van der Waals surface area contributed by atoms with Crippen molar-refractivity contribution in [3.8, 4) is 17.0 Å². The van der Waals surface area contributed by atoms with Gasteiger partial charge in [0.2, 0.25) is 5.88 Å². The lowest BCUT2D eigenvalue weighted by Crippen LogP contribution is -2.12. The van der Waals surface area contributed by atoms with Crippen LogP contribution in [0.15, 0.2) is 36.5 Å². The Hall–Kier alpha value is -2.76. The molecular formula is C21H21F2NO3. The van der Waals surface area contributed by atoms with Gasteiger partial charge < -0.3 is 9.47 Å². The molecule has 1 saturated carbocycles. The van der Waals surface area contributed by atoms with Gasteiger partial charge >= 0.3 is 5.97 Å². The maximum Gasteiger partial charge on any atom is 0.330 e. The molecule has 0 unspecified atom stereocenters. The Bertz CT molecular complexity index is 822. The summed E-state index contributed by atoms with van der Waals surface area (Å²) in [5.74, 6) is -1.83. The molecule has 1 aromatic carbocycles. The maximum atomic E-state index is 14.5. The Labute approximate surface area is 156 Å². The number of carbonyl (C=O) groups excluding carboxylic acids is 1. The molecule has 1 aromatic heterocycles. The number of nitrogens with zero attached hydrogens (tertiary/aromatic N) is 1. The lowest BCUT2D eigenvalue weighted by atomic mass is 10.0. The summed E-state index contributed by atoms with van der Waals surface area (Å²) in [7, 11) is 0. The smallest absolute Gasteiger partial charge is 0.330 e. The Morgan fingerprint density at radius 1 is 1.26 bits per heavy atom. The van der Waals surface area contributed by atoms with Gasteiger partial charge in [-0.1, -0.05) is 0 Å². The predicted molar refractivity (Wildman–Crippen MR) is 98.1 cm³/mol. The number of hydrogen-bond donors (Lipinski definition) is 0. The van der Waals surface area contributed by atoms with E-state index in [1.807, 2.05) is 0 Å². The SMILES string of the molecule is CCOC(=O)/C=C/c1c(F)cc(-c2cccnc2OC2CCCC2)cc1F. The Morgan fingerprint density at radius 3 is 2.63 bits per heavy atom. The molecule has 0 atom stereocenters. The molecule has 6 heteroatoms. The standard InChI is InChI=1S/C21H21F2NO3/c1-2-26-20(25)10-9-17-18(22)12-14(13-19(17)23)16-8-5-11-24-21(16)27-15-6-3-4-7-15/h5,8-13,15H,2-4,6-7H2,1H3/b10-9+. The van der Waals surface area contributed by atoms with Crippen LogP contribution in [0.5, 0.6) is 5.88 Å². The van der Waals surface area contributed by atoms with Crippen molar-refractivity contribution in [1.82, 2.24) is 4.98 Å². The monoisotopic (exact) mass is 373 g/mol. The van der Waals surface area contributed by atoms with Gasteiger partial charge in [0.25, 0.3) is 0 Å². The van der Waals surface area contributed by atoms with Crippen LogP contribution < -0.4 is 4.74 Å². The highest BCUT2D eigenvalue weighted by atomic mass is 19.1. The van der Waals surface area contributed by atoms with Crippen LogP contribution in [0.3, 0.4) is 0 Å². The molecule has 1 fully saturated rings. The molecule has 0 aliphatic heterocycles. The Kier molecular flexibility index (Phi) is 6.16. The Morgan fingerprint density at radius 2 is 1.96 bits per heavy atom. The number of benzene rings is 1. The van der Waals surface area contributed by atoms with Crippen LogP contribution in [-0.2, 0) is 9.53 Å². The molecule has 0 saturated heterocycles. The van der Waals surface area contributed by atoms with E-state index in [0.29, 0.717) is 17.0 Å². The molecule has 1 aliphatic rings. The molecule has 142 valence electrons. The Balaban J connectivity index is 1.89. The van der Waals surface area contributed by atoms with Crippen molar-refractivity contribution in [2.24, 2.45) is 0 Å². The summed E-state index contributed by atoms with van der Waals surface area (Å²) in [6, 6.07) is 5.85. The normalized spacial score (nSPS) is 14.6. The number of aromatic nitrogens is 1. The van der Waals surface area contributed by atoms with E-state index in [4.69, 9.17) is 9.47 Å². The first-order chi connectivity index (χ1) is 13.1. The third kappa shape index (κ3) is 4.70. The van der Waals surface area contributed by atoms with Crippen LogP contribution in [0.4, 0.5) is 8.78 Å². The zero-order valence-electron chi connectivity index (χ0n) is 15.1. The fourth-order valence-corrected chi connectivity index (χ4v) is 3.11. The van der Waals surface area contributed by atoms with Crippen LogP contribution in [0.2, 0.25) is 0 Å². The van der Waals surface area contributed by atoms with E-state index in [1.54, 1.807) is 25.3 Å². The molecule has 2 aromatic rings. The molecule has 0 spiro atoms. The second-order valence-electron chi connectivity index (χ2n) is 6.32. The molecule has 3 rings (SSSR count). The average molecular weight is 373 g/mol. The third-order valence-corrected chi connectivity index (χ3v) is 4.41. The first-order valence-corrected chi connectivity index (χ1v) is 9.04. The summed E-state index contributed by atoms with van der Waals surface area (Å²) in [6.07, 6.45) is 7.88. The lowest BCUT2D eigenvalue weighted by molar-refractivity contribution is -0.137. The van der Waals surface area contributed by atoms with Gasteiger partial charge in [-0.2, -0.15) is 0 Å². The summed E-state index contributed by atoms with van der Waals surface area (Å²) >= 11 is 0. The number of hydrogen-bond acceptors (Lipinski definition) is 4. The second kappa shape index (κ2) is 8.75. The average Bonchev–Trinajstić information content (AvgIpc) is 3.14. The number of rotatable bonds is 6. The molecule has 1 aliphatic carbocycles. The van der Waals surface area contributed by atoms with Gasteiger partial charge in [-0.15, -0.1) is 0 Å². The van der Waals surface area contributed by atoms with Gasteiger partial charge in [0.05, 0.1) is 6.61 Å². The quantitative estimate of drug-likeness (QED) is 0.532. The molecule has 0 radical (unpaired) electrons. The van der Waals surface area contributed by atoms with Crippen LogP contribution in [-0.4, -0.2) is 23.7 Å². The number of pyridine rings is 1. The van der Waals surface area contributed by atoms with Gasteiger partial charge in [-0.3, -0.25) is 0 Å². The maximum absolute atomic E-state index is 14.5. The molecule has 1 heterocycles. The van der Waals surface area contributed by atoms with Crippen molar-refractivity contribution >= 4 is 12.0 Å². The third-order valence-electron chi connectivity index (χ3n) is 4.41. The van der Waals surface area contributed by atoms with Crippen molar-refractivity contribution in [2.45, 2.75) is 38.7 Å². The van der Waals surface area contributed by atoms with E-state index >= 15 is 0 Å². The first-order valence-electron chi connectivity index (χ1n) is 9.04. The highest BCUT2D eigenvalue weighted by Gasteiger charge is 2.20. The highest BCUT2D eigenvalue weighted by Crippen LogP contribution is 2.33. The van der Waals surface area contributed by atoms with Crippen molar-refractivity contribution in [3.63, 3.8) is 0 Å². The second-order valence-corrected chi connectivity index (χ2v) is 6.32. The van der Waals surface area contributed by atoms with Gasteiger partial charge in [0.15, 0.2) is 0 Å². The fraction of sp³-hybridized carbons (Fsp3) is 0.333. The molecule has 0 N–H and O–H groups in total. The zero-order valence-corrected chi connectivity index (χ0v) is 15.1. The van der Waals surface area contributed by atoms with Crippen molar-refractivity contribution in [1.29, 1.82) is 0 Å². The van der Waals surface area contributed by atoms with Gasteiger partial charge in [0.1, 0.15) is 17.7 Å². The fourth-order valence-electron chi connectivity index (χ4n) is 3.11. The summed E-state index contributed by atoms with van der Waals surface area (Å²) in [6.45, 7) is 1.85. The first kappa shape index (κ1) is 19.0. The molecule has 27 heavy (non-hydrogen) atoms. The summed E-state index contributed by atoms with van der Waals surface area (Å²) in [5, 5.41) is 0. The van der Waals surface area contributed by atoms with Crippen LogP contribution in [0, 0.1) is 11.6 Å². The van der Waals surface area contributed by atoms with Crippen molar-refractivity contribution in [2.75, 3.05) is 6.61 Å². The van der Waals surface area contributed by atoms with E-state index in [9.17, 15) is 13.6 Å². The van der Waals surface area contributed by atoms with E-state index in [2.05, 4.69) is 4.98 Å². The van der Waals surface area contributed by atoms with E-state index < -0.39 is 17.6 Å². The van der Waals surface area contributed by atoms with Gasteiger partial charge in [-0.25, -0.2) is 18.6 Å². The summed E-state index contributed by atoms with van der Waals surface area (Å²) < 4.78 is 39.6. The van der Waals surface area contributed by atoms with E-state index in [-0.39, 0.29) is 18.3 Å². The van der Waals surface area contributed by atoms with Crippen LogP contribution >= 0.6 is 0 Å². The molecule has 4 nitrogen and oxygen atoms in total. The number of ether oxygens (including phenoxy) is 2. The predicted octanol–water partition coefficient (Wildman–Crippen LogP) is 4.92. The minimum absolute atomic E-state index is 0.0835. The van der Waals surface area contributed by atoms with Gasteiger partial charge in [0, 0.05) is 23.4 Å². The molecular weight excluding hydrogens is 352 g/mol. The zero-order chi connectivity index (χ0) is 19.2. The minimum atomic E-state index is -0.777. The van der Waals surface area contributed by atoms with Crippen molar-refractivity contribution in [3.05, 3.63) is 53.7 Å². The minimum Gasteiger partial charge on any atom is -0.474 e. The van der Waals surface area contributed by atoms with Crippen molar-refractivity contribution < 1.29 is 23.0 Å². The summed E-state index contributed by atoms with van der Waals surface area (Å²) in [4.78, 5) is 15.6. The molecule has 0 amide bonds. The highest BCUT2D eigenvalue weighted by molar-refractivity contribution is 5.87. The van der Waals surface area contributed by atoms with E-state index in [1.165, 1.54) is 12.1 Å². The number of halogens is 2. The largest absolute Gasteiger partial charge is 0.474 e. The van der Waals surface area contributed by atoms with Crippen LogP contribution in [0.25, 0.3) is 17.2 Å². The number of carbonyl (C=O) groups is 1. The van der Waals surface area contributed by atoms with E-state index in [0.717, 1.165) is 37.8 Å². The molecule has 0 bridgehead atoms. The number of esters is 1. The topological polar surface area (TPSA) is 48.4 Å². The lowest BCUT2D eigenvalue weighted by Gasteiger charge is -2.15. The summed E-state index contributed by atoms with van der Waals surface area (Å²) in [5.41, 5.74) is 0.566. The van der Waals surface area contributed by atoms with Crippen LogP contribution in [0.1, 0.15) is 38.2 Å². The van der Waals surface area contributed by atoms with Gasteiger partial charge in [-0.05, 0) is 68.5 Å².